The molecule has 2 heterocycles. The van der Waals surface area contributed by atoms with E-state index < -0.39 is 5.97 Å². The third kappa shape index (κ3) is 1.89. The van der Waals surface area contributed by atoms with Gasteiger partial charge in [-0.25, -0.2) is 4.79 Å². The summed E-state index contributed by atoms with van der Waals surface area (Å²) in [4.78, 5) is 25.2. The molecule has 0 radical (unpaired) electrons. The Bertz CT molecular complexity index is 475. The molecular weight excluding hydrogens is 232 g/mol. The number of fused-ring (bicyclic) bond motifs is 1. The molecule has 0 aromatic carbocycles. The molecule has 5 nitrogen and oxygen atoms in total. The first kappa shape index (κ1) is 12.7. The number of amides is 1. The van der Waals surface area contributed by atoms with E-state index in [1.165, 1.54) is 6.07 Å². The van der Waals surface area contributed by atoms with E-state index in [9.17, 15) is 9.59 Å². The van der Waals surface area contributed by atoms with E-state index in [1.807, 2.05) is 4.90 Å². The molecule has 1 N–H and O–H groups in total. The molecule has 98 valence electrons. The highest BCUT2D eigenvalue weighted by molar-refractivity contribution is 5.96. The van der Waals surface area contributed by atoms with Crippen molar-refractivity contribution in [3.8, 4) is 0 Å². The van der Waals surface area contributed by atoms with Crippen molar-refractivity contribution in [1.82, 2.24) is 9.47 Å². The number of aromatic nitrogens is 1. The molecule has 1 aromatic heterocycles. The number of rotatable bonds is 4. The highest BCUT2D eigenvalue weighted by Crippen LogP contribution is 2.21. The van der Waals surface area contributed by atoms with Crippen LogP contribution in [0.5, 0.6) is 0 Å². The number of carbonyl (C=O) groups is 2. The molecule has 0 spiro atoms. The van der Waals surface area contributed by atoms with Gasteiger partial charge in [0.1, 0.15) is 11.4 Å². The van der Waals surface area contributed by atoms with Crippen molar-refractivity contribution in [2.45, 2.75) is 39.3 Å². The van der Waals surface area contributed by atoms with Gasteiger partial charge in [-0.05, 0) is 25.0 Å². The molecule has 0 bridgehead atoms. The van der Waals surface area contributed by atoms with Crippen molar-refractivity contribution < 1.29 is 14.7 Å². The fraction of sp³-hybridized carbons (Fsp3) is 0.538. The summed E-state index contributed by atoms with van der Waals surface area (Å²) in [6.45, 7) is 5.29. The van der Waals surface area contributed by atoms with Gasteiger partial charge in [-0.1, -0.05) is 13.8 Å². The first-order valence-corrected chi connectivity index (χ1v) is 6.33. The van der Waals surface area contributed by atoms with Gasteiger partial charge in [0, 0.05) is 19.1 Å². The van der Waals surface area contributed by atoms with Crippen molar-refractivity contribution in [2.75, 3.05) is 6.54 Å². The molecule has 2 rings (SSSR count). The number of nitrogens with zero attached hydrogens (tertiary/aromatic N) is 2. The number of aromatic carboxylic acids is 1. The minimum atomic E-state index is -0.981. The average Bonchev–Trinajstić information content (AvgIpc) is 2.78. The van der Waals surface area contributed by atoms with Crippen LogP contribution in [-0.4, -0.2) is 39.0 Å². The summed E-state index contributed by atoms with van der Waals surface area (Å²) in [5.74, 6) is -1.03. The standard InChI is InChI=1S/C13H18N2O3/c1-3-9(4-2)14-7-8-15-10(12(14)16)5-6-11(15)13(17)18/h5-6,9H,3-4,7-8H2,1-2H3,(H,17,18). The van der Waals surface area contributed by atoms with E-state index >= 15 is 0 Å². The van der Waals surface area contributed by atoms with Crippen LogP contribution < -0.4 is 0 Å². The van der Waals surface area contributed by atoms with Gasteiger partial charge in [-0.15, -0.1) is 0 Å². The SMILES string of the molecule is CCC(CC)N1CCn2c(C(=O)O)ccc2C1=O. The van der Waals surface area contributed by atoms with Gasteiger partial charge < -0.3 is 14.6 Å². The maximum atomic E-state index is 12.3. The number of carbonyl (C=O) groups excluding carboxylic acids is 1. The van der Waals surface area contributed by atoms with Gasteiger partial charge in [0.15, 0.2) is 0 Å². The van der Waals surface area contributed by atoms with Crippen molar-refractivity contribution in [2.24, 2.45) is 0 Å². The molecule has 1 amide bonds. The first-order chi connectivity index (χ1) is 8.60. The Morgan fingerprint density at radius 1 is 1.33 bits per heavy atom. The summed E-state index contributed by atoms with van der Waals surface area (Å²) < 4.78 is 1.60. The van der Waals surface area contributed by atoms with Gasteiger partial charge in [-0.3, -0.25) is 4.79 Å². The predicted molar refractivity (Wildman–Crippen MR) is 66.8 cm³/mol. The van der Waals surface area contributed by atoms with Crippen molar-refractivity contribution in [1.29, 1.82) is 0 Å². The summed E-state index contributed by atoms with van der Waals surface area (Å²) in [5.41, 5.74) is 0.688. The zero-order chi connectivity index (χ0) is 13.3. The number of hydrogen-bond acceptors (Lipinski definition) is 2. The smallest absolute Gasteiger partial charge is 0.352 e. The Morgan fingerprint density at radius 2 is 2.00 bits per heavy atom. The Hall–Kier alpha value is -1.78. The average molecular weight is 250 g/mol. The lowest BCUT2D eigenvalue weighted by molar-refractivity contribution is 0.0597. The van der Waals surface area contributed by atoms with Crippen LogP contribution in [0.4, 0.5) is 0 Å². The largest absolute Gasteiger partial charge is 0.477 e. The van der Waals surface area contributed by atoms with Crippen molar-refractivity contribution in [3.05, 3.63) is 23.5 Å². The van der Waals surface area contributed by atoms with E-state index in [4.69, 9.17) is 5.11 Å². The number of hydrogen-bond donors (Lipinski definition) is 1. The minimum absolute atomic E-state index is 0.0533. The fourth-order valence-corrected chi connectivity index (χ4v) is 2.62. The molecule has 1 aromatic rings. The van der Waals surface area contributed by atoms with Crippen LogP contribution in [0.1, 0.15) is 47.7 Å². The lowest BCUT2D eigenvalue weighted by atomic mass is 10.1. The maximum Gasteiger partial charge on any atom is 0.352 e. The quantitative estimate of drug-likeness (QED) is 0.886. The van der Waals surface area contributed by atoms with Crippen LogP contribution >= 0.6 is 0 Å². The summed E-state index contributed by atoms with van der Waals surface area (Å²) in [6, 6.07) is 3.36. The topological polar surface area (TPSA) is 62.5 Å². The van der Waals surface area contributed by atoms with Crippen LogP contribution in [0.3, 0.4) is 0 Å². The fourth-order valence-electron chi connectivity index (χ4n) is 2.62. The highest BCUT2D eigenvalue weighted by Gasteiger charge is 2.30. The molecule has 0 saturated heterocycles. The monoisotopic (exact) mass is 250 g/mol. The second-order valence-electron chi connectivity index (χ2n) is 4.53. The molecule has 18 heavy (non-hydrogen) atoms. The molecular formula is C13H18N2O3. The van der Waals surface area contributed by atoms with E-state index in [0.29, 0.717) is 18.8 Å². The zero-order valence-corrected chi connectivity index (χ0v) is 10.7. The third-order valence-corrected chi connectivity index (χ3v) is 3.63. The molecule has 0 atom stereocenters. The highest BCUT2D eigenvalue weighted by atomic mass is 16.4. The van der Waals surface area contributed by atoms with Gasteiger partial charge in [0.2, 0.25) is 0 Å². The second kappa shape index (κ2) is 4.84. The number of carboxylic acid groups (broad SMARTS) is 1. The van der Waals surface area contributed by atoms with Gasteiger partial charge in [-0.2, -0.15) is 0 Å². The Morgan fingerprint density at radius 3 is 2.56 bits per heavy atom. The normalized spacial score (nSPS) is 15.1. The molecule has 1 aliphatic heterocycles. The van der Waals surface area contributed by atoms with E-state index in [2.05, 4.69) is 13.8 Å². The lowest BCUT2D eigenvalue weighted by Crippen LogP contribution is -2.46. The van der Waals surface area contributed by atoms with Crippen LogP contribution in [-0.2, 0) is 6.54 Å². The van der Waals surface area contributed by atoms with Crippen LogP contribution in [0, 0.1) is 0 Å². The molecule has 1 aliphatic rings. The van der Waals surface area contributed by atoms with Crippen LogP contribution in [0.15, 0.2) is 12.1 Å². The van der Waals surface area contributed by atoms with E-state index in [0.717, 1.165) is 12.8 Å². The number of carboxylic acids is 1. The van der Waals surface area contributed by atoms with Crippen LogP contribution in [0.2, 0.25) is 0 Å². The maximum absolute atomic E-state index is 12.3. The first-order valence-electron chi connectivity index (χ1n) is 6.33. The van der Waals surface area contributed by atoms with Crippen molar-refractivity contribution in [3.63, 3.8) is 0 Å². The Balaban J connectivity index is 2.32. The zero-order valence-electron chi connectivity index (χ0n) is 10.7. The predicted octanol–water partition coefficient (Wildman–Crippen LogP) is 1.83. The lowest BCUT2D eigenvalue weighted by Gasteiger charge is -2.34. The molecule has 0 saturated carbocycles. The summed E-state index contributed by atoms with van der Waals surface area (Å²) >= 11 is 0. The third-order valence-electron chi connectivity index (χ3n) is 3.63. The van der Waals surface area contributed by atoms with E-state index in [1.54, 1.807) is 10.6 Å². The van der Waals surface area contributed by atoms with Gasteiger partial charge in [0.05, 0.1) is 0 Å². The van der Waals surface area contributed by atoms with Crippen LogP contribution in [0.25, 0.3) is 0 Å². The summed E-state index contributed by atoms with van der Waals surface area (Å²) in [6.07, 6.45) is 1.85. The molecule has 0 fully saturated rings. The Labute approximate surface area is 106 Å². The molecule has 5 heteroatoms. The van der Waals surface area contributed by atoms with Gasteiger partial charge in [0.25, 0.3) is 5.91 Å². The summed E-state index contributed by atoms with van der Waals surface area (Å²) in [7, 11) is 0. The Kier molecular flexibility index (Phi) is 3.41. The second-order valence-corrected chi connectivity index (χ2v) is 4.53. The minimum Gasteiger partial charge on any atom is -0.477 e. The summed E-state index contributed by atoms with van der Waals surface area (Å²) in [5, 5.41) is 9.04. The molecule has 0 aliphatic carbocycles. The van der Waals surface area contributed by atoms with Crippen molar-refractivity contribution >= 4 is 11.9 Å². The molecule has 0 unspecified atom stereocenters. The van der Waals surface area contributed by atoms with Gasteiger partial charge >= 0.3 is 5.97 Å². The van der Waals surface area contributed by atoms with E-state index in [-0.39, 0.29) is 17.6 Å².